The van der Waals surface area contributed by atoms with E-state index in [0.717, 1.165) is 26.1 Å². The number of hydrogen-bond acceptors (Lipinski definition) is 2. The van der Waals surface area contributed by atoms with Gasteiger partial charge < -0.3 is 10.0 Å². The minimum absolute atomic E-state index is 0.193. The van der Waals surface area contributed by atoms with Crippen LogP contribution < -0.4 is 0 Å². The fourth-order valence-electron chi connectivity index (χ4n) is 3.13. The third-order valence-corrected chi connectivity index (χ3v) is 4.10. The second-order valence-electron chi connectivity index (χ2n) is 4.94. The number of halogens is 1. The highest BCUT2D eigenvalue weighted by molar-refractivity contribution is 5.26. The maximum Gasteiger partial charge on any atom is 0.129 e. The van der Waals surface area contributed by atoms with E-state index in [1.165, 1.54) is 6.07 Å². The lowest BCUT2D eigenvalue weighted by Gasteiger charge is -2.39. The Kier molecular flexibility index (Phi) is 2.26. The lowest BCUT2D eigenvalue weighted by atomic mass is 9.77. The monoisotopic (exact) mass is 221 g/mol. The van der Waals surface area contributed by atoms with Gasteiger partial charge in [0.2, 0.25) is 0 Å². The summed E-state index contributed by atoms with van der Waals surface area (Å²) >= 11 is 0. The number of rotatable bonds is 1. The molecule has 0 radical (unpaired) electrons. The highest BCUT2D eigenvalue weighted by Crippen LogP contribution is 2.43. The van der Waals surface area contributed by atoms with Crippen LogP contribution in [0.25, 0.3) is 0 Å². The van der Waals surface area contributed by atoms with Crippen molar-refractivity contribution in [3.05, 3.63) is 35.6 Å². The van der Waals surface area contributed by atoms with Crippen LogP contribution in [0.3, 0.4) is 0 Å². The van der Waals surface area contributed by atoms with Gasteiger partial charge in [0.15, 0.2) is 0 Å². The Morgan fingerprint density at radius 1 is 1.31 bits per heavy atom. The molecule has 1 aromatic carbocycles. The summed E-state index contributed by atoms with van der Waals surface area (Å²) in [5.41, 5.74) is -0.459. The molecule has 16 heavy (non-hydrogen) atoms. The van der Waals surface area contributed by atoms with Gasteiger partial charge in [0, 0.05) is 24.6 Å². The van der Waals surface area contributed by atoms with Crippen LogP contribution in [0.4, 0.5) is 4.39 Å². The van der Waals surface area contributed by atoms with Crippen molar-refractivity contribution < 1.29 is 9.50 Å². The predicted octanol–water partition coefficient (Wildman–Crippen LogP) is 1.74. The molecule has 3 rings (SSSR count). The molecule has 3 atom stereocenters. The van der Waals surface area contributed by atoms with E-state index in [1.54, 1.807) is 18.2 Å². The molecule has 0 spiro atoms. The van der Waals surface area contributed by atoms with Gasteiger partial charge in [-0.3, -0.25) is 0 Å². The van der Waals surface area contributed by atoms with Crippen molar-refractivity contribution in [2.75, 3.05) is 19.6 Å². The summed E-state index contributed by atoms with van der Waals surface area (Å²) in [6, 6.07) is 6.64. The van der Waals surface area contributed by atoms with Crippen LogP contribution >= 0.6 is 0 Å². The molecule has 1 aromatic rings. The normalized spacial score (nSPS) is 37.6. The van der Waals surface area contributed by atoms with Crippen LogP contribution in [-0.4, -0.2) is 29.6 Å². The summed E-state index contributed by atoms with van der Waals surface area (Å²) in [5.74, 6) is -0.0801. The number of piperidine rings is 1. The Hall–Kier alpha value is -0.930. The molecule has 0 aromatic heterocycles. The highest BCUT2D eigenvalue weighted by Gasteiger charge is 2.46. The van der Waals surface area contributed by atoms with Crippen molar-refractivity contribution >= 4 is 0 Å². The minimum Gasteiger partial charge on any atom is -0.385 e. The van der Waals surface area contributed by atoms with Gasteiger partial charge in [0.25, 0.3) is 0 Å². The molecular formula is C13H16FNO. The lowest BCUT2D eigenvalue weighted by Crippen LogP contribution is -2.44. The second-order valence-corrected chi connectivity index (χ2v) is 4.94. The summed E-state index contributed by atoms with van der Waals surface area (Å²) < 4.78 is 13.8. The first-order chi connectivity index (χ1) is 7.70. The van der Waals surface area contributed by atoms with Crippen molar-refractivity contribution in [3.63, 3.8) is 0 Å². The molecule has 0 aliphatic carbocycles. The van der Waals surface area contributed by atoms with E-state index in [1.807, 2.05) is 0 Å². The first kappa shape index (κ1) is 10.2. The van der Waals surface area contributed by atoms with Gasteiger partial charge in [-0.2, -0.15) is 0 Å². The molecule has 2 saturated heterocycles. The minimum atomic E-state index is -0.946. The molecule has 2 heterocycles. The Morgan fingerprint density at radius 3 is 2.94 bits per heavy atom. The van der Waals surface area contributed by atoms with E-state index in [9.17, 15) is 9.50 Å². The lowest BCUT2D eigenvalue weighted by molar-refractivity contribution is -0.0527. The number of benzene rings is 1. The summed E-state index contributed by atoms with van der Waals surface area (Å²) in [4.78, 5) is 2.35. The number of nitrogens with zero attached hydrogens (tertiary/aromatic N) is 1. The van der Waals surface area contributed by atoms with Crippen molar-refractivity contribution in [1.82, 2.24) is 4.90 Å². The van der Waals surface area contributed by atoms with Gasteiger partial charge in [-0.15, -0.1) is 0 Å². The van der Waals surface area contributed by atoms with Crippen LogP contribution in [0.2, 0.25) is 0 Å². The topological polar surface area (TPSA) is 23.5 Å². The smallest absolute Gasteiger partial charge is 0.129 e. The average molecular weight is 221 g/mol. The third-order valence-electron chi connectivity index (χ3n) is 4.10. The molecule has 0 amide bonds. The van der Waals surface area contributed by atoms with Gasteiger partial charge in [-0.05, 0) is 25.5 Å². The molecule has 2 aliphatic heterocycles. The van der Waals surface area contributed by atoms with Gasteiger partial charge in [-0.25, -0.2) is 4.39 Å². The van der Waals surface area contributed by atoms with Crippen molar-refractivity contribution in [2.45, 2.75) is 18.4 Å². The molecule has 86 valence electrons. The fourth-order valence-corrected chi connectivity index (χ4v) is 3.13. The van der Waals surface area contributed by atoms with Gasteiger partial charge in [0.05, 0.1) is 5.60 Å². The Balaban J connectivity index is 2.01. The Bertz CT molecular complexity index is 409. The zero-order valence-corrected chi connectivity index (χ0v) is 9.19. The number of aliphatic hydroxyl groups is 1. The van der Waals surface area contributed by atoms with Crippen molar-refractivity contribution in [1.29, 1.82) is 0 Å². The van der Waals surface area contributed by atoms with E-state index < -0.39 is 5.60 Å². The molecular weight excluding hydrogens is 205 g/mol. The highest BCUT2D eigenvalue weighted by atomic mass is 19.1. The van der Waals surface area contributed by atoms with Crippen LogP contribution in [0.1, 0.15) is 18.4 Å². The average Bonchev–Trinajstić information content (AvgIpc) is 2.70. The summed E-state index contributed by atoms with van der Waals surface area (Å²) in [7, 11) is 0. The van der Waals surface area contributed by atoms with Gasteiger partial charge in [-0.1, -0.05) is 18.2 Å². The van der Waals surface area contributed by atoms with Crippen LogP contribution in [0, 0.1) is 11.7 Å². The van der Waals surface area contributed by atoms with Crippen LogP contribution in [0.15, 0.2) is 24.3 Å². The number of fused-ring (bicyclic) bond motifs is 2. The molecule has 2 fully saturated rings. The molecule has 2 bridgehead atoms. The molecule has 3 heteroatoms. The maximum absolute atomic E-state index is 13.8. The summed E-state index contributed by atoms with van der Waals surface area (Å²) in [5, 5.41) is 10.7. The largest absolute Gasteiger partial charge is 0.385 e. The maximum atomic E-state index is 13.8. The quantitative estimate of drug-likeness (QED) is 0.780. The molecule has 2 aliphatic rings. The molecule has 0 saturated carbocycles. The van der Waals surface area contributed by atoms with E-state index >= 15 is 0 Å². The fraction of sp³-hybridized carbons (Fsp3) is 0.538. The van der Waals surface area contributed by atoms with E-state index in [-0.39, 0.29) is 11.7 Å². The zero-order valence-electron chi connectivity index (χ0n) is 9.19. The summed E-state index contributed by atoms with van der Waals surface area (Å²) in [6.45, 7) is 2.83. The van der Waals surface area contributed by atoms with Gasteiger partial charge >= 0.3 is 0 Å². The standard InChI is InChI=1S/C13H16FNO/c14-12-4-2-1-3-11(12)13(16)6-8-15-7-5-10(13)9-15/h1-4,10,16H,5-9H2. The first-order valence-electron chi connectivity index (χ1n) is 5.90. The molecule has 1 N–H and O–H groups in total. The van der Waals surface area contributed by atoms with Crippen LogP contribution in [0.5, 0.6) is 0 Å². The first-order valence-corrected chi connectivity index (χ1v) is 5.90. The number of hydrogen-bond donors (Lipinski definition) is 1. The van der Waals surface area contributed by atoms with Crippen molar-refractivity contribution in [3.8, 4) is 0 Å². The summed E-state index contributed by atoms with van der Waals surface area (Å²) in [6.07, 6.45) is 1.63. The third kappa shape index (κ3) is 1.39. The Morgan fingerprint density at radius 2 is 2.12 bits per heavy atom. The van der Waals surface area contributed by atoms with E-state index in [0.29, 0.717) is 12.0 Å². The van der Waals surface area contributed by atoms with E-state index in [4.69, 9.17) is 0 Å². The molecule has 2 nitrogen and oxygen atoms in total. The SMILES string of the molecule is OC1(c2ccccc2F)CCN2CCC1C2. The zero-order chi connectivity index (χ0) is 11.2. The van der Waals surface area contributed by atoms with E-state index in [2.05, 4.69) is 4.90 Å². The Labute approximate surface area is 94.7 Å². The molecule has 3 unspecified atom stereocenters. The van der Waals surface area contributed by atoms with Crippen molar-refractivity contribution in [2.24, 2.45) is 5.92 Å². The van der Waals surface area contributed by atoms with Crippen LogP contribution in [-0.2, 0) is 5.60 Å². The van der Waals surface area contributed by atoms with Gasteiger partial charge in [0.1, 0.15) is 5.82 Å². The second kappa shape index (κ2) is 3.54. The predicted molar refractivity (Wildman–Crippen MR) is 59.5 cm³/mol.